The maximum Gasteiger partial charge on any atom is 0.0340 e. The minimum absolute atomic E-state index is 0.243. The van der Waals surface area contributed by atoms with E-state index in [-0.39, 0.29) is 5.92 Å². The Labute approximate surface area is 126 Å². The highest BCUT2D eigenvalue weighted by atomic mass is 14.5. The Bertz CT molecular complexity index is 652. The van der Waals surface area contributed by atoms with Crippen molar-refractivity contribution in [1.29, 1.82) is 0 Å². The average Bonchev–Trinajstić information content (AvgIpc) is 2.52. The van der Waals surface area contributed by atoms with Crippen LogP contribution in [0, 0.1) is 6.92 Å². The molecule has 0 aliphatic carbocycles. The van der Waals surface area contributed by atoms with Crippen LogP contribution in [0.25, 0.3) is 0 Å². The molecule has 3 aromatic rings. The molecular formula is C20H19N. The van der Waals surface area contributed by atoms with Gasteiger partial charge in [0.05, 0.1) is 0 Å². The van der Waals surface area contributed by atoms with Crippen molar-refractivity contribution in [3.05, 3.63) is 101 Å². The summed E-state index contributed by atoms with van der Waals surface area (Å²) < 4.78 is 0. The number of aryl methyl sites for hydroxylation is 1. The largest absolute Gasteiger partial charge is 0.399 e. The second kappa shape index (κ2) is 5.84. The lowest BCUT2D eigenvalue weighted by Gasteiger charge is -2.19. The molecule has 1 atom stereocenters. The molecular weight excluding hydrogens is 254 g/mol. The van der Waals surface area contributed by atoms with E-state index in [1.165, 1.54) is 22.3 Å². The van der Waals surface area contributed by atoms with Crippen LogP contribution in [0.5, 0.6) is 0 Å². The lowest BCUT2D eigenvalue weighted by molar-refractivity contribution is 0.976. The van der Waals surface area contributed by atoms with Crippen molar-refractivity contribution in [1.82, 2.24) is 0 Å². The van der Waals surface area contributed by atoms with E-state index >= 15 is 0 Å². The predicted octanol–water partition coefficient (Wildman–Crippen LogP) is 4.76. The molecule has 1 nitrogen and oxygen atoms in total. The monoisotopic (exact) mass is 273 g/mol. The van der Waals surface area contributed by atoms with Crippen LogP contribution in [-0.2, 0) is 0 Å². The first kappa shape index (κ1) is 13.4. The fourth-order valence-electron chi connectivity index (χ4n) is 2.67. The van der Waals surface area contributed by atoms with Gasteiger partial charge in [-0.1, -0.05) is 72.3 Å². The van der Waals surface area contributed by atoms with Crippen LogP contribution in [0.15, 0.2) is 78.9 Å². The van der Waals surface area contributed by atoms with Crippen LogP contribution in [-0.4, -0.2) is 0 Å². The van der Waals surface area contributed by atoms with E-state index in [1.807, 2.05) is 12.1 Å². The summed E-state index contributed by atoms with van der Waals surface area (Å²) in [5.41, 5.74) is 11.8. The summed E-state index contributed by atoms with van der Waals surface area (Å²) in [6.07, 6.45) is 0. The highest BCUT2D eigenvalue weighted by Crippen LogP contribution is 2.32. The Morgan fingerprint density at radius 3 is 1.67 bits per heavy atom. The lowest BCUT2D eigenvalue weighted by Crippen LogP contribution is -2.03. The summed E-state index contributed by atoms with van der Waals surface area (Å²) in [6.45, 7) is 2.12. The van der Waals surface area contributed by atoms with E-state index < -0.39 is 0 Å². The zero-order chi connectivity index (χ0) is 14.7. The predicted molar refractivity (Wildman–Crippen MR) is 89.4 cm³/mol. The molecule has 0 amide bonds. The fourth-order valence-corrected chi connectivity index (χ4v) is 2.67. The van der Waals surface area contributed by atoms with Crippen molar-refractivity contribution < 1.29 is 0 Å². The average molecular weight is 273 g/mol. The minimum atomic E-state index is 0.243. The Balaban J connectivity index is 2.11. The molecule has 0 radical (unpaired) electrons. The minimum Gasteiger partial charge on any atom is -0.399 e. The number of nitrogens with two attached hydrogens (primary N) is 1. The summed E-state index contributed by atoms with van der Waals surface area (Å²) in [4.78, 5) is 0. The molecule has 0 spiro atoms. The Morgan fingerprint density at radius 2 is 1.10 bits per heavy atom. The molecule has 2 N–H and O–H groups in total. The van der Waals surface area contributed by atoms with E-state index in [0.29, 0.717) is 0 Å². The highest BCUT2D eigenvalue weighted by molar-refractivity contribution is 5.47. The van der Waals surface area contributed by atoms with Gasteiger partial charge in [-0.2, -0.15) is 0 Å². The van der Waals surface area contributed by atoms with E-state index in [0.717, 1.165) is 5.69 Å². The van der Waals surface area contributed by atoms with Gasteiger partial charge >= 0.3 is 0 Å². The first-order valence-corrected chi connectivity index (χ1v) is 7.21. The molecule has 1 heteroatoms. The summed E-state index contributed by atoms with van der Waals surface area (Å²) in [5, 5.41) is 0. The number of benzene rings is 3. The van der Waals surface area contributed by atoms with Gasteiger partial charge in [0.2, 0.25) is 0 Å². The molecule has 0 saturated carbocycles. The van der Waals surface area contributed by atoms with Crippen LogP contribution in [0.1, 0.15) is 28.2 Å². The van der Waals surface area contributed by atoms with Gasteiger partial charge in [0.15, 0.2) is 0 Å². The standard InChI is InChI=1S/C20H19N/c1-15-7-9-17(10-8-15)20(16-5-3-2-4-6-16)18-11-13-19(21)14-12-18/h2-14,20H,21H2,1H3. The molecule has 104 valence electrons. The smallest absolute Gasteiger partial charge is 0.0340 e. The fraction of sp³-hybridized carbons (Fsp3) is 0.100. The zero-order valence-electron chi connectivity index (χ0n) is 12.2. The first-order valence-electron chi connectivity index (χ1n) is 7.21. The first-order chi connectivity index (χ1) is 10.2. The third-order valence-corrected chi connectivity index (χ3v) is 3.81. The van der Waals surface area contributed by atoms with Crippen LogP contribution >= 0.6 is 0 Å². The summed E-state index contributed by atoms with van der Waals surface area (Å²) in [5.74, 6) is 0.243. The van der Waals surface area contributed by atoms with Gasteiger partial charge in [0.1, 0.15) is 0 Å². The van der Waals surface area contributed by atoms with Gasteiger partial charge in [-0.15, -0.1) is 0 Å². The number of rotatable bonds is 3. The van der Waals surface area contributed by atoms with Gasteiger partial charge in [-0.3, -0.25) is 0 Å². The SMILES string of the molecule is Cc1ccc(C(c2ccccc2)c2ccc(N)cc2)cc1. The van der Waals surface area contributed by atoms with Gasteiger partial charge in [-0.25, -0.2) is 0 Å². The van der Waals surface area contributed by atoms with Crippen molar-refractivity contribution in [3.63, 3.8) is 0 Å². The van der Waals surface area contributed by atoms with Crippen molar-refractivity contribution in [2.75, 3.05) is 5.73 Å². The number of hydrogen-bond acceptors (Lipinski definition) is 1. The molecule has 0 heterocycles. The zero-order valence-corrected chi connectivity index (χ0v) is 12.2. The van der Waals surface area contributed by atoms with E-state index in [1.54, 1.807) is 0 Å². The third-order valence-electron chi connectivity index (χ3n) is 3.81. The molecule has 3 rings (SSSR count). The van der Waals surface area contributed by atoms with E-state index in [4.69, 9.17) is 5.73 Å². The van der Waals surface area contributed by atoms with Gasteiger partial charge in [0.25, 0.3) is 0 Å². The number of anilines is 1. The molecule has 0 fully saturated rings. The van der Waals surface area contributed by atoms with Crippen molar-refractivity contribution in [3.8, 4) is 0 Å². The number of hydrogen-bond donors (Lipinski definition) is 1. The molecule has 0 saturated heterocycles. The van der Waals surface area contributed by atoms with Gasteiger partial charge in [0, 0.05) is 11.6 Å². The maximum absolute atomic E-state index is 5.82. The van der Waals surface area contributed by atoms with Crippen molar-refractivity contribution in [2.45, 2.75) is 12.8 Å². The Kier molecular flexibility index (Phi) is 3.74. The summed E-state index contributed by atoms with van der Waals surface area (Å²) in [6, 6.07) is 27.5. The Morgan fingerprint density at radius 1 is 0.619 bits per heavy atom. The van der Waals surface area contributed by atoms with E-state index in [2.05, 4.69) is 73.7 Å². The molecule has 0 aliphatic heterocycles. The molecule has 0 aliphatic rings. The second-order valence-electron chi connectivity index (χ2n) is 5.42. The highest BCUT2D eigenvalue weighted by Gasteiger charge is 2.16. The summed E-state index contributed by atoms with van der Waals surface area (Å²) >= 11 is 0. The molecule has 21 heavy (non-hydrogen) atoms. The van der Waals surface area contributed by atoms with Crippen LogP contribution in [0.3, 0.4) is 0 Å². The van der Waals surface area contributed by atoms with Crippen molar-refractivity contribution in [2.24, 2.45) is 0 Å². The topological polar surface area (TPSA) is 26.0 Å². The second-order valence-corrected chi connectivity index (χ2v) is 5.42. The maximum atomic E-state index is 5.82. The molecule has 1 unspecified atom stereocenters. The quantitative estimate of drug-likeness (QED) is 0.540. The van der Waals surface area contributed by atoms with Gasteiger partial charge in [-0.05, 0) is 35.7 Å². The lowest BCUT2D eigenvalue weighted by atomic mass is 9.85. The third kappa shape index (κ3) is 2.97. The Hall–Kier alpha value is -2.54. The van der Waals surface area contributed by atoms with E-state index in [9.17, 15) is 0 Å². The summed E-state index contributed by atoms with van der Waals surface area (Å²) in [7, 11) is 0. The van der Waals surface area contributed by atoms with Crippen LogP contribution in [0.2, 0.25) is 0 Å². The van der Waals surface area contributed by atoms with Gasteiger partial charge < -0.3 is 5.73 Å². The van der Waals surface area contributed by atoms with Crippen molar-refractivity contribution >= 4 is 5.69 Å². The molecule has 0 bridgehead atoms. The van der Waals surface area contributed by atoms with Crippen LogP contribution < -0.4 is 5.73 Å². The van der Waals surface area contributed by atoms with Crippen LogP contribution in [0.4, 0.5) is 5.69 Å². The molecule has 3 aromatic carbocycles. The number of nitrogen functional groups attached to an aromatic ring is 1. The molecule has 0 aromatic heterocycles. The normalized spacial score (nSPS) is 12.0.